The van der Waals surface area contributed by atoms with Gasteiger partial charge in [0.15, 0.2) is 0 Å². The highest BCUT2D eigenvalue weighted by atomic mass is 16.2. The molecule has 1 unspecified atom stereocenters. The molecule has 1 aliphatic heterocycles. The molecule has 1 saturated carbocycles. The Balaban J connectivity index is 1.96. The molecule has 1 saturated heterocycles. The van der Waals surface area contributed by atoms with Crippen LogP contribution < -0.4 is 21.9 Å². The van der Waals surface area contributed by atoms with Crippen LogP contribution in [-0.2, 0) is 9.59 Å². The van der Waals surface area contributed by atoms with E-state index in [2.05, 4.69) is 21.1 Å². The Morgan fingerprint density at radius 1 is 1.38 bits per heavy atom. The molecule has 0 radical (unpaired) electrons. The smallest absolute Gasteiger partial charge is 0.251 e. The lowest BCUT2D eigenvalue weighted by molar-refractivity contribution is -0.133. The van der Waals surface area contributed by atoms with E-state index in [0.29, 0.717) is 24.8 Å². The van der Waals surface area contributed by atoms with Gasteiger partial charge in [0, 0.05) is 12.5 Å². The summed E-state index contributed by atoms with van der Waals surface area (Å²) in [5.41, 5.74) is 2.43. The van der Waals surface area contributed by atoms with E-state index in [4.69, 9.17) is 5.84 Å². The first-order valence-corrected chi connectivity index (χ1v) is 5.33. The number of nitrogens with one attached hydrogen (secondary N) is 3. The fourth-order valence-electron chi connectivity index (χ4n) is 1.50. The molecule has 2 fully saturated rings. The van der Waals surface area contributed by atoms with Gasteiger partial charge in [-0.2, -0.15) is 0 Å². The summed E-state index contributed by atoms with van der Waals surface area (Å²) in [4.78, 5) is 26.5. The summed E-state index contributed by atoms with van der Waals surface area (Å²) in [5, 5.41) is 5.32. The van der Waals surface area contributed by atoms with E-state index in [1.54, 1.807) is 0 Å². The molecule has 1 atom stereocenters. The van der Waals surface area contributed by atoms with Crippen LogP contribution in [-0.4, -0.2) is 29.9 Å². The Bertz CT molecular complexity index is 337. The summed E-state index contributed by atoms with van der Waals surface area (Å²) in [7, 11) is 0. The third-order valence-corrected chi connectivity index (χ3v) is 2.55. The van der Waals surface area contributed by atoms with Crippen LogP contribution in [0.4, 0.5) is 0 Å². The number of carbonyl (C=O) groups is 2. The number of hydrogen-bond donors (Lipinski definition) is 4. The molecular formula is C9H15N5O2. The zero-order valence-corrected chi connectivity index (χ0v) is 8.82. The summed E-state index contributed by atoms with van der Waals surface area (Å²) in [6.07, 6.45) is 2.94. The van der Waals surface area contributed by atoms with Crippen molar-refractivity contribution in [2.75, 3.05) is 0 Å². The van der Waals surface area contributed by atoms with E-state index in [-0.39, 0.29) is 11.8 Å². The van der Waals surface area contributed by atoms with Crippen LogP contribution in [0.15, 0.2) is 4.99 Å². The second kappa shape index (κ2) is 4.48. The van der Waals surface area contributed by atoms with Crippen molar-refractivity contribution in [3.05, 3.63) is 0 Å². The van der Waals surface area contributed by atoms with Crippen LogP contribution in [0, 0.1) is 0 Å². The number of rotatable bonds is 2. The molecule has 7 heteroatoms. The number of imide groups is 1. The quantitative estimate of drug-likeness (QED) is 0.148. The topological polar surface area (TPSA) is 109 Å². The lowest BCUT2D eigenvalue weighted by atomic mass is 10.1. The average molecular weight is 225 g/mol. The molecular weight excluding hydrogens is 210 g/mol. The number of carbonyl (C=O) groups excluding carboxylic acids is 2. The van der Waals surface area contributed by atoms with Gasteiger partial charge in [-0.1, -0.05) is 0 Å². The third kappa shape index (κ3) is 2.69. The van der Waals surface area contributed by atoms with E-state index in [1.807, 2.05) is 0 Å². The van der Waals surface area contributed by atoms with Crippen molar-refractivity contribution in [3.63, 3.8) is 0 Å². The van der Waals surface area contributed by atoms with Crippen LogP contribution >= 0.6 is 0 Å². The lowest BCUT2D eigenvalue weighted by Gasteiger charge is -2.18. The SMILES string of the molecule is NNC(=NC1CCC(=O)NC1=O)NC1CC1. The average Bonchev–Trinajstić information content (AvgIpc) is 3.04. The van der Waals surface area contributed by atoms with Crippen LogP contribution in [0.2, 0.25) is 0 Å². The Kier molecular flexibility index (Phi) is 3.04. The van der Waals surface area contributed by atoms with Crippen molar-refractivity contribution in [3.8, 4) is 0 Å². The minimum Gasteiger partial charge on any atom is -0.353 e. The van der Waals surface area contributed by atoms with Crippen molar-refractivity contribution in [1.82, 2.24) is 16.1 Å². The Hall–Kier alpha value is -1.63. The molecule has 0 bridgehead atoms. The highest BCUT2D eigenvalue weighted by molar-refractivity contribution is 6.01. The van der Waals surface area contributed by atoms with Gasteiger partial charge in [0.2, 0.25) is 11.9 Å². The standard InChI is InChI=1S/C9H15N5O2/c10-14-9(11-5-1-2-5)12-6-3-4-7(15)13-8(6)16/h5-6H,1-4,10H2,(H2,11,12,14)(H,13,15,16). The number of guanidine groups is 1. The fraction of sp³-hybridized carbons (Fsp3) is 0.667. The van der Waals surface area contributed by atoms with Gasteiger partial charge in [0.25, 0.3) is 5.91 Å². The molecule has 0 spiro atoms. The molecule has 2 rings (SSSR count). The van der Waals surface area contributed by atoms with Gasteiger partial charge in [-0.25, -0.2) is 10.8 Å². The van der Waals surface area contributed by atoms with Gasteiger partial charge < -0.3 is 5.32 Å². The first-order valence-electron chi connectivity index (χ1n) is 5.33. The lowest BCUT2D eigenvalue weighted by Crippen LogP contribution is -2.47. The van der Waals surface area contributed by atoms with E-state index in [1.165, 1.54) is 0 Å². The van der Waals surface area contributed by atoms with Crippen LogP contribution in [0.1, 0.15) is 25.7 Å². The maximum Gasteiger partial charge on any atom is 0.251 e. The van der Waals surface area contributed by atoms with Gasteiger partial charge in [0.1, 0.15) is 6.04 Å². The van der Waals surface area contributed by atoms with Crippen molar-refractivity contribution < 1.29 is 9.59 Å². The zero-order valence-electron chi connectivity index (χ0n) is 8.82. The first kappa shape index (κ1) is 10.9. The van der Waals surface area contributed by atoms with Gasteiger partial charge >= 0.3 is 0 Å². The summed E-state index contributed by atoms with van der Waals surface area (Å²) < 4.78 is 0. The fourth-order valence-corrected chi connectivity index (χ4v) is 1.50. The van der Waals surface area contributed by atoms with Gasteiger partial charge in [0.05, 0.1) is 0 Å². The van der Waals surface area contributed by atoms with Crippen LogP contribution in [0.3, 0.4) is 0 Å². The van der Waals surface area contributed by atoms with Crippen molar-refractivity contribution >= 4 is 17.8 Å². The van der Waals surface area contributed by atoms with Crippen molar-refractivity contribution in [2.45, 2.75) is 37.8 Å². The normalized spacial score (nSPS) is 26.3. The van der Waals surface area contributed by atoms with Crippen LogP contribution in [0.5, 0.6) is 0 Å². The predicted molar refractivity (Wildman–Crippen MR) is 57.1 cm³/mol. The molecule has 2 amide bonds. The largest absolute Gasteiger partial charge is 0.353 e. The molecule has 1 aliphatic carbocycles. The van der Waals surface area contributed by atoms with E-state index in [9.17, 15) is 9.59 Å². The molecule has 7 nitrogen and oxygen atoms in total. The predicted octanol–water partition coefficient (Wildman–Crippen LogP) is -1.64. The zero-order chi connectivity index (χ0) is 11.5. The van der Waals surface area contributed by atoms with E-state index in [0.717, 1.165) is 12.8 Å². The number of nitrogens with zero attached hydrogens (tertiary/aromatic N) is 1. The molecule has 5 N–H and O–H groups in total. The number of amides is 2. The van der Waals surface area contributed by atoms with Gasteiger partial charge in [-0.15, -0.1) is 0 Å². The minimum atomic E-state index is -0.532. The number of nitrogens with two attached hydrogens (primary N) is 1. The Morgan fingerprint density at radius 3 is 2.69 bits per heavy atom. The summed E-state index contributed by atoms with van der Waals surface area (Å²) in [6.45, 7) is 0. The molecule has 88 valence electrons. The van der Waals surface area contributed by atoms with Gasteiger partial charge in [-0.3, -0.25) is 20.3 Å². The minimum absolute atomic E-state index is 0.242. The van der Waals surface area contributed by atoms with E-state index < -0.39 is 6.04 Å². The van der Waals surface area contributed by atoms with Gasteiger partial charge in [-0.05, 0) is 19.3 Å². The summed E-state index contributed by atoms with van der Waals surface area (Å²) >= 11 is 0. The molecule has 1 heterocycles. The Morgan fingerprint density at radius 2 is 2.12 bits per heavy atom. The Labute approximate surface area is 92.8 Å². The first-order chi connectivity index (χ1) is 7.69. The molecule has 16 heavy (non-hydrogen) atoms. The molecule has 2 aliphatic rings. The maximum absolute atomic E-state index is 11.4. The maximum atomic E-state index is 11.4. The summed E-state index contributed by atoms with van der Waals surface area (Å²) in [6, 6.07) is -0.127. The highest BCUT2D eigenvalue weighted by Crippen LogP contribution is 2.18. The number of hydrazine groups is 1. The molecule has 0 aromatic carbocycles. The number of hydrogen-bond acceptors (Lipinski definition) is 4. The van der Waals surface area contributed by atoms with E-state index >= 15 is 0 Å². The number of piperidine rings is 1. The second-order valence-corrected chi connectivity index (χ2v) is 4.01. The molecule has 0 aromatic heterocycles. The van der Waals surface area contributed by atoms with Crippen molar-refractivity contribution in [2.24, 2.45) is 10.8 Å². The summed E-state index contributed by atoms with van der Waals surface area (Å²) in [5.74, 6) is 5.11. The van der Waals surface area contributed by atoms with Crippen molar-refractivity contribution in [1.29, 1.82) is 0 Å². The van der Waals surface area contributed by atoms with Crippen LogP contribution in [0.25, 0.3) is 0 Å². The second-order valence-electron chi connectivity index (χ2n) is 4.01. The highest BCUT2D eigenvalue weighted by Gasteiger charge is 2.28. The number of aliphatic imine (C=N–C) groups is 1. The third-order valence-electron chi connectivity index (χ3n) is 2.55. The molecule has 0 aromatic rings. The monoisotopic (exact) mass is 225 g/mol.